The average molecular weight is 277 g/mol. The molecule has 20 heavy (non-hydrogen) atoms. The second-order valence-corrected chi connectivity index (χ2v) is 4.38. The van der Waals surface area contributed by atoms with Gasteiger partial charge in [0.2, 0.25) is 0 Å². The lowest BCUT2D eigenvalue weighted by molar-refractivity contribution is 0.0207. The smallest absolute Gasteiger partial charge is 0.333 e. The largest absolute Gasteiger partial charge is 0.392 e. The molecule has 1 aromatic carbocycles. The lowest BCUT2D eigenvalue weighted by Crippen LogP contribution is -2.49. The molecule has 6 heteroatoms. The van der Waals surface area contributed by atoms with Crippen LogP contribution in [0.1, 0.15) is 5.56 Å². The highest BCUT2D eigenvalue weighted by Gasteiger charge is 2.12. The zero-order chi connectivity index (χ0) is 14.2. The molecule has 1 aromatic rings. The van der Waals surface area contributed by atoms with Crippen LogP contribution in [0.25, 0.3) is 6.08 Å². The Labute approximate surface area is 118 Å². The maximum Gasteiger partial charge on any atom is 0.333 e. The van der Waals surface area contributed by atoms with Crippen LogP contribution in [-0.4, -0.2) is 49.1 Å². The van der Waals surface area contributed by atoms with Crippen LogP contribution >= 0.6 is 0 Å². The third-order valence-corrected chi connectivity index (χ3v) is 2.83. The van der Waals surface area contributed by atoms with Crippen molar-refractivity contribution in [3.63, 3.8) is 0 Å². The summed E-state index contributed by atoms with van der Waals surface area (Å²) < 4.78 is 5.21. The van der Waals surface area contributed by atoms with Crippen molar-refractivity contribution in [2.24, 2.45) is 0 Å². The molecule has 108 valence electrons. The van der Waals surface area contributed by atoms with Gasteiger partial charge in [-0.2, -0.15) is 0 Å². The number of amides is 2. The summed E-state index contributed by atoms with van der Waals surface area (Å²) in [4.78, 5) is 11.8. The summed E-state index contributed by atoms with van der Waals surface area (Å²) in [6, 6.07) is 7.13. The molecule has 1 aliphatic rings. The summed E-state index contributed by atoms with van der Waals surface area (Å²) in [7, 11) is 0. The van der Waals surface area contributed by atoms with E-state index in [9.17, 15) is 4.79 Å². The number of urea groups is 1. The zero-order valence-electron chi connectivity index (χ0n) is 11.2. The third kappa shape index (κ3) is 4.65. The minimum absolute atomic E-state index is 0.00479. The lowest BCUT2D eigenvalue weighted by atomic mass is 10.2. The van der Waals surface area contributed by atoms with Gasteiger partial charge in [0.15, 0.2) is 0 Å². The molecule has 0 aromatic heterocycles. The number of aliphatic hydroxyl groups excluding tert-OH is 1. The number of hydrazine groups is 1. The first kappa shape index (κ1) is 14.5. The van der Waals surface area contributed by atoms with Crippen LogP contribution < -0.4 is 10.7 Å². The van der Waals surface area contributed by atoms with Crippen molar-refractivity contribution >= 4 is 17.8 Å². The number of anilines is 1. The number of ether oxygens (including phenoxy) is 1. The van der Waals surface area contributed by atoms with Crippen LogP contribution in [-0.2, 0) is 4.74 Å². The first-order valence-electron chi connectivity index (χ1n) is 6.56. The Bertz CT molecular complexity index is 470. The minimum atomic E-state index is -0.268. The second-order valence-electron chi connectivity index (χ2n) is 4.38. The number of benzene rings is 1. The highest BCUT2D eigenvalue weighted by Crippen LogP contribution is 2.11. The Balaban J connectivity index is 1.88. The van der Waals surface area contributed by atoms with E-state index >= 15 is 0 Å². The van der Waals surface area contributed by atoms with E-state index < -0.39 is 0 Å². The molecule has 1 fully saturated rings. The van der Waals surface area contributed by atoms with Gasteiger partial charge in [-0.25, -0.2) is 9.80 Å². The molecule has 3 N–H and O–H groups in total. The molecule has 2 rings (SSSR count). The predicted molar refractivity (Wildman–Crippen MR) is 77.1 cm³/mol. The summed E-state index contributed by atoms with van der Waals surface area (Å²) in [6.45, 7) is 2.62. The molecular weight excluding hydrogens is 258 g/mol. The van der Waals surface area contributed by atoms with Crippen molar-refractivity contribution in [3.8, 4) is 0 Å². The molecule has 1 aliphatic heterocycles. The van der Waals surface area contributed by atoms with E-state index in [-0.39, 0.29) is 12.6 Å². The van der Waals surface area contributed by atoms with Gasteiger partial charge in [-0.05, 0) is 17.7 Å². The van der Waals surface area contributed by atoms with Gasteiger partial charge in [-0.1, -0.05) is 24.3 Å². The number of carbonyl (C=O) groups excluding carboxylic acids is 1. The number of rotatable bonds is 4. The van der Waals surface area contributed by atoms with E-state index in [1.54, 1.807) is 12.2 Å². The third-order valence-electron chi connectivity index (χ3n) is 2.83. The van der Waals surface area contributed by atoms with Crippen molar-refractivity contribution in [1.82, 2.24) is 10.4 Å². The minimum Gasteiger partial charge on any atom is -0.392 e. The highest BCUT2D eigenvalue weighted by atomic mass is 16.5. The Morgan fingerprint density at radius 1 is 1.40 bits per heavy atom. The van der Waals surface area contributed by atoms with Gasteiger partial charge in [0.1, 0.15) is 0 Å². The maximum absolute atomic E-state index is 11.8. The molecule has 0 bridgehead atoms. The molecule has 0 spiro atoms. The first-order valence-corrected chi connectivity index (χ1v) is 6.56. The summed E-state index contributed by atoms with van der Waals surface area (Å²) in [5.74, 6) is 0. The van der Waals surface area contributed by atoms with E-state index in [1.807, 2.05) is 29.3 Å². The second kappa shape index (κ2) is 7.64. The summed E-state index contributed by atoms with van der Waals surface area (Å²) in [5.41, 5.74) is 4.40. The van der Waals surface area contributed by atoms with Gasteiger partial charge in [0.05, 0.1) is 19.8 Å². The van der Waals surface area contributed by atoms with Gasteiger partial charge in [0, 0.05) is 18.8 Å². The molecule has 1 heterocycles. The lowest BCUT2D eigenvalue weighted by Gasteiger charge is -2.26. The summed E-state index contributed by atoms with van der Waals surface area (Å²) >= 11 is 0. The van der Waals surface area contributed by atoms with Crippen molar-refractivity contribution in [3.05, 3.63) is 35.9 Å². The zero-order valence-corrected chi connectivity index (χ0v) is 11.2. The fourth-order valence-corrected chi connectivity index (χ4v) is 1.89. The predicted octanol–water partition coefficient (Wildman–Crippen LogP) is 1.06. The molecule has 0 aliphatic carbocycles. The summed E-state index contributed by atoms with van der Waals surface area (Å²) in [6.07, 6.45) is 3.44. The van der Waals surface area contributed by atoms with E-state index in [4.69, 9.17) is 9.84 Å². The quantitative estimate of drug-likeness (QED) is 0.769. The Morgan fingerprint density at radius 3 is 2.95 bits per heavy atom. The molecule has 6 nitrogen and oxygen atoms in total. The van der Waals surface area contributed by atoms with Crippen LogP contribution in [0.5, 0.6) is 0 Å². The standard InChI is InChI=1S/C14H19N3O3/c18-8-2-4-12-3-1-5-13(11-12)15-14(19)16-17-6-9-20-10-7-17/h1-5,11,18H,6-10H2,(H2,15,16,19). The number of morpholine rings is 1. The van der Waals surface area contributed by atoms with Gasteiger partial charge in [-0.15, -0.1) is 0 Å². The van der Waals surface area contributed by atoms with Crippen LogP contribution in [0.3, 0.4) is 0 Å². The van der Waals surface area contributed by atoms with Crippen molar-refractivity contribution < 1.29 is 14.6 Å². The number of hydrogen-bond acceptors (Lipinski definition) is 4. The fraction of sp³-hybridized carbons (Fsp3) is 0.357. The van der Waals surface area contributed by atoms with Crippen LogP contribution in [0.2, 0.25) is 0 Å². The van der Waals surface area contributed by atoms with E-state index in [0.717, 1.165) is 5.56 Å². The first-order chi connectivity index (χ1) is 9.78. The summed E-state index contributed by atoms with van der Waals surface area (Å²) in [5, 5.41) is 13.3. The van der Waals surface area contributed by atoms with E-state index in [0.29, 0.717) is 32.0 Å². The maximum atomic E-state index is 11.8. The molecular formula is C14H19N3O3. The average Bonchev–Trinajstić information content (AvgIpc) is 2.46. The number of nitrogens with one attached hydrogen (secondary N) is 2. The van der Waals surface area contributed by atoms with Crippen LogP contribution in [0.4, 0.5) is 10.5 Å². The molecule has 0 saturated carbocycles. The van der Waals surface area contributed by atoms with Gasteiger partial charge < -0.3 is 15.2 Å². The molecule has 0 unspecified atom stereocenters. The van der Waals surface area contributed by atoms with Gasteiger partial charge in [0.25, 0.3) is 0 Å². The monoisotopic (exact) mass is 277 g/mol. The van der Waals surface area contributed by atoms with E-state index in [1.165, 1.54) is 0 Å². The van der Waals surface area contributed by atoms with E-state index in [2.05, 4.69) is 10.7 Å². The molecule has 2 amide bonds. The molecule has 0 atom stereocenters. The van der Waals surface area contributed by atoms with Gasteiger partial charge >= 0.3 is 6.03 Å². The van der Waals surface area contributed by atoms with Crippen molar-refractivity contribution in [1.29, 1.82) is 0 Å². The van der Waals surface area contributed by atoms with Crippen molar-refractivity contribution in [2.45, 2.75) is 0 Å². The topological polar surface area (TPSA) is 73.8 Å². The number of aliphatic hydroxyl groups is 1. The normalized spacial score (nSPS) is 16.2. The Kier molecular flexibility index (Phi) is 5.55. The van der Waals surface area contributed by atoms with Crippen LogP contribution in [0.15, 0.2) is 30.3 Å². The Morgan fingerprint density at radius 2 is 2.20 bits per heavy atom. The highest BCUT2D eigenvalue weighted by molar-refractivity contribution is 5.89. The fourth-order valence-electron chi connectivity index (χ4n) is 1.89. The molecule has 1 saturated heterocycles. The van der Waals surface area contributed by atoms with Gasteiger partial charge in [-0.3, -0.25) is 5.43 Å². The number of nitrogens with zero attached hydrogens (tertiary/aromatic N) is 1. The number of hydrogen-bond donors (Lipinski definition) is 3. The SMILES string of the molecule is O=C(Nc1cccc(C=CCO)c1)NN1CCOCC1. The molecule has 0 radical (unpaired) electrons. The number of carbonyl (C=O) groups is 1. The van der Waals surface area contributed by atoms with Crippen molar-refractivity contribution in [2.75, 3.05) is 38.2 Å². The van der Waals surface area contributed by atoms with Crippen LogP contribution in [0, 0.1) is 0 Å². The Hall–Kier alpha value is -1.89.